The van der Waals surface area contributed by atoms with E-state index in [0.29, 0.717) is 5.01 Å². The van der Waals surface area contributed by atoms with Crippen molar-refractivity contribution in [1.82, 2.24) is 10.2 Å². The van der Waals surface area contributed by atoms with Crippen LogP contribution in [0.15, 0.2) is 0 Å². The van der Waals surface area contributed by atoms with E-state index in [0.717, 1.165) is 18.3 Å². The van der Waals surface area contributed by atoms with Crippen LogP contribution in [-0.2, 0) is 14.8 Å². The lowest BCUT2D eigenvalue weighted by molar-refractivity contribution is -0.136. The van der Waals surface area contributed by atoms with Crippen LogP contribution in [0.4, 0.5) is 5.13 Å². The van der Waals surface area contributed by atoms with Crippen LogP contribution in [0.1, 0.15) is 11.9 Å². The van der Waals surface area contributed by atoms with E-state index in [-0.39, 0.29) is 5.13 Å². The van der Waals surface area contributed by atoms with E-state index in [1.807, 2.05) is 0 Å². The molecule has 0 saturated carbocycles. The fourth-order valence-corrected chi connectivity index (χ4v) is 2.37. The van der Waals surface area contributed by atoms with Gasteiger partial charge in [-0.15, -0.1) is 10.2 Å². The fraction of sp³-hybridized carbons (Fsp3) is 0.500. The molecular weight excluding hydrogens is 242 g/mol. The number of hydrogen-bond acceptors (Lipinski definition) is 6. The molecule has 0 aliphatic rings. The summed E-state index contributed by atoms with van der Waals surface area (Å²) in [4.78, 5) is 10.5. The molecule has 0 bridgehead atoms. The minimum absolute atomic E-state index is 0.0700. The molecule has 0 aliphatic carbocycles. The van der Waals surface area contributed by atoms with Gasteiger partial charge in [-0.25, -0.2) is 8.42 Å². The van der Waals surface area contributed by atoms with Crippen molar-refractivity contribution in [2.75, 3.05) is 4.72 Å². The summed E-state index contributed by atoms with van der Waals surface area (Å²) in [5.74, 6) is -1.41. The molecule has 15 heavy (non-hydrogen) atoms. The Hall–Kier alpha value is -1.22. The molecule has 1 aromatic rings. The Balaban J connectivity index is 2.86. The van der Waals surface area contributed by atoms with Crippen molar-refractivity contribution in [3.63, 3.8) is 0 Å². The van der Waals surface area contributed by atoms with Crippen LogP contribution in [0.3, 0.4) is 0 Å². The van der Waals surface area contributed by atoms with E-state index in [1.165, 1.54) is 0 Å². The zero-order valence-corrected chi connectivity index (χ0v) is 9.59. The van der Waals surface area contributed by atoms with Crippen LogP contribution in [0, 0.1) is 6.92 Å². The molecule has 9 heteroatoms. The number of aryl methyl sites for hydroxylation is 1. The van der Waals surface area contributed by atoms with Crippen molar-refractivity contribution in [2.24, 2.45) is 0 Å². The zero-order valence-electron chi connectivity index (χ0n) is 7.96. The summed E-state index contributed by atoms with van der Waals surface area (Å²) < 4.78 is 24.9. The summed E-state index contributed by atoms with van der Waals surface area (Å²) in [5, 5.41) is 14.8. The van der Waals surface area contributed by atoms with Gasteiger partial charge in [-0.2, -0.15) is 0 Å². The summed E-state index contributed by atoms with van der Waals surface area (Å²) in [7, 11) is -3.94. The first kappa shape index (κ1) is 11.9. The highest BCUT2D eigenvalue weighted by Gasteiger charge is 2.28. The molecule has 1 atom stereocenters. The number of aliphatic carboxylic acids is 1. The highest BCUT2D eigenvalue weighted by molar-refractivity contribution is 7.94. The molecule has 0 aliphatic heterocycles. The quantitative estimate of drug-likeness (QED) is 0.783. The van der Waals surface area contributed by atoms with Crippen molar-refractivity contribution in [1.29, 1.82) is 0 Å². The number of sulfonamides is 1. The van der Waals surface area contributed by atoms with Gasteiger partial charge < -0.3 is 5.11 Å². The summed E-state index contributed by atoms with van der Waals surface area (Å²) in [6, 6.07) is 0. The minimum atomic E-state index is -3.94. The second-order valence-corrected chi connectivity index (χ2v) is 5.94. The van der Waals surface area contributed by atoms with E-state index in [2.05, 4.69) is 14.9 Å². The molecule has 7 nitrogen and oxygen atoms in total. The molecule has 84 valence electrons. The highest BCUT2D eigenvalue weighted by atomic mass is 32.2. The number of nitrogens with zero attached hydrogens (tertiary/aromatic N) is 2. The lowest BCUT2D eigenvalue weighted by atomic mass is 10.5. The van der Waals surface area contributed by atoms with Gasteiger partial charge in [0.1, 0.15) is 5.01 Å². The van der Waals surface area contributed by atoms with Gasteiger partial charge >= 0.3 is 5.97 Å². The van der Waals surface area contributed by atoms with E-state index >= 15 is 0 Å². The fourth-order valence-electron chi connectivity index (χ4n) is 0.681. The number of carboxylic acid groups (broad SMARTS) is 1. The van der Waals surface area contributed by atoms with Crippen LogP contribution >= 0.6 is 11.3 Å². The predicted octanol–water partition coefficient (Wildman–Crippen LogP) is 0.0613. The molecule has 0 spiro atoms. The standard InChI is InChI=1S/C6H9N3O4S2/c1-3(5(10)11)15(12,13)9-6-8-7-4(2)14-6/h3H,1-2H3,(H,8,9)(H,10,11). The maximum atomic E-state index is 11.4. The van der Waals surface area contributed by atoms with E-state index < -0.39 is 21.2 Å². The van der Waals surface area contributed by atoms with Gasteiger partial charge in [0.05, 0.1) is 0 Å². The minimum Gasteiger partial charge on any atom is -0.480 e. The van der Waals surface area contributed by atoms with Gasteiger partial charge in [-0.05, 0) is 13.8 Å². The normalized spacial score (nSPS) is 13.5. The molecule has 2 N–H and O–H groups in total. The maximum absolute atomic E-state index is 11.4. The van der Waals surface area contributed by atoms with Crippen molar-refractivity contribution < 1.29 is 18.3 Å². The molecule has 1 rings (SSSR count). The Kier molecular flexibility index (Phi) is 3.25. The second-order valence-electron chi connectivity index (χ2n) is 2.75. The monoisotopic (exact) mass is 251 g/mol. The van der Waals surface area contributed by atoms with E-state index in [4.69, 9.17) is 5.11 Å². The van der Waals surface area contributed by atoms with Crippen molar-refractivity contribution in [3.8, 4) is 0 Å². The van der Waals surface area contributed by atoms with E-state index in [1.54, 1.807) is 6.92 Å². The molecular formula is C6H9N3O4S2. The highest BCUT2D eigenvalue weighted by Crippen LogP contribution is 2.16. The first-order valence-electron chi connectivity index (χ1n) is 3.87. The number of carboxylic acids is 1. The maximum Gasteiger partial charge on any atom is 0.323 e. The number of aromatic nitrogens is 2. The van der Waals surface area contributed by atoms with Crippen LogP contribution in [0.5, 0.6) is 0 Å². The Morgan fingerprint density at radius 1 is 1.53 bits per heavy atom. The average molecular weight is 251 g/mol. The molecule has 1 aromatic heterocycles. The third kappa shape index (κ3) is 2.86. The average Bonchev–Trinajstić information content (AvgIpc) is 2.48. The number of rotatable bonds is 4. The van der Waals surface area contributed by atoms with Crippen molar-refractivity contribution in [2.45, 2.75) is 19.1 Å². The smallest absolute Gasteiger partial charge is 0.323 e. The SMILES string of the molecule is Cc1nnc(NS(=O)(=O)C(C)C(=O)O)s1. The van der Waals surface area contributed by atoms with Gasteiger partial charge in [-0.3, -0.25) is 9.52 Å². The first-order valence-corrected chi connectivity index (χ1v) is 6.24. The summed E-state index contributed by atoms with van der Waals surface area (Å²) in [6.45, 7) is 2.74. The molecule has 0 fully saturated rings. The largest absolute Gasteiger partial charge is 0.480 e. The second kappa shape index (κ2) is 4.11. The molecule has 1 heterocycles. The lowest BCUT2D eigenvalue weighted by Gasteiger charge is -2.07. The Morgan fingerprint density at radius 2 is 2.13 bits per heavy atom. The molecule has 0 radical (unpaired) electrons. The van der Waals surface area contributed by atoms with Gasteiger partial charge in [-0.1, -0.05) is 11.3 Å². The van der Waals surface area contributed by atoms with Crippen LogP contribution < -0.4 is 4.72 Å². The number of hydrogen-bond donors (Lipinski definition) is 2. The van der Waals surface area contributed by atoms with Crippen LogP contribution in [0.2, 0.25) is 0 Å². The summed E-state index contributed by atoms with van der Waals surface area (Å²) in [6.07, 6.45) is 0. The topological polar surface area (TPSA) is 109 Å². The van der Waals surface area contributed by atoms with Gasteiger partial charge in [0, 0.05) is 0 Å². The molecule has 0 saturated heterocycles. The number of nitrogens with one attached hydrogen (secondary N) is 1. The predicted molar refractivity (Wildman–Crippen MR) is 54.3 cm³/mol. The van der Waals surface area contributed by atoms with Gasteiger partial charge in [0.15, 0.2) is 5.25 Å². The van der Waals surface area contributed by atoms with Crippen LogP contribution in [-0.4, -0.2) is 34.9 Å². The Labute approximate surface area is 90.2 Å². The Morgan fingerprint density at radius 3 is 2.53 bits per heavy atom. The number of carbonyl (C=O) groups is 1. The third-order valence-electron chi connectivity index (χ3n) is 1.57. The van der Waals surface area contributed by atoms with E-state index in [9.17, 15) is 13.2 Å². The number of anilines is 1. The van der Waals surface area contributed by atoms with Gasteiger partial charge in [0.2, 0.25) is 15.2 Å². The Bertz CT molecular complexity index is 466. The summed E-state index contributed by atoms with van der Waals surface area (Å²) >= 11 is 1.04. The lowest BCUT2D eigenvalue weighted by Crippen LogP contribution is -2.32. The summed E-state index contributed by atoms with van der Waals surface area (Å²) in [5.41, 5.74) is 0. The first-order chi connectivity index (χ1) is 6.83. The molecule has 0 amide bonds. The molecule has 1 unspecified atom stereocenters. The zero-order chi connectivity index (χ0) is 11.6. The van der Waals surface area contributed by atoms with Gasteiger partial charge in [0.25, 0.3) is 0 Å². The molecule has 0 aromatic carbocycles. The van der Waals surface area contributed by atoms with Crippen molar-refractivity contribution in [3.05, 3.63) is 5.01 Å². The van der Waals surface area contributed by atoms with Crippen LogP contribution in [0.25, 0.3) is 0 Å². The van der Waals surface area contributed by atoms with Crippen molar-refractivity contribution >= 4 is 32.5 Å². The third-order valence-corrected chi connectivity index (χ3v) is 4.06.